The minimum Gasteiger partial charge on any atom is -0.459 e. The Morgan fingerprint density at radius 3 is 2.31 bits per heavy atom. The summed E-state index contributed by atoms with van der Waals surface area (Å²) in [6.45, 7) is -0.0648. The molecule has 0 aliphatic heterocycles. The Balaban J connectivity index is 1.57. The van der Waals surface area contributed by atoms with Gasteiger partial charge in [0.05, 0.1) is 11.4 Å². The van der Waals surface area contributed by atoms with Crippen molar-refractivity contribution in [3.05, 3.63) is 107 Å². The maximum absolute atomic E-state index is 12.3. The van der Waals surface area contributed by atoms with Crippen LogP contribution in [0.4, 0.5) is 0 Å². The Hall–Kier alpha value is -3.93. The molecule has 0 spiro atoms. The number of hydrogen-bond acceptors (Lipinski definition) is 4. The van der Waals surface area contributed by atoms with E-state index in [0.717, 1.165) is 22.5 Å². The van der Waals surface area contributed by atoms with Gasteiger partial charge >= 0.3 is 5.97 Å². The van der Waals surface area contributed by atoms with Crippen molar-refractivity contribution in [1.29, 1.82) is 0 Å². The molecule has 0 atom stereocenters. The third-order valence-electron chi connectivity index (χ3n) is 4.45. The number of ether oxygens (including phenoxy) is 1. The minimum atomic E-state index is -0.482. The van der Waals surface area contributed by atoms with E-state index < -0.39 is 5.97 Å². The van der Waals surface area contributed by atoms with Crippen LogP contribution in [0.2, 0.25) is 0 Å². The second kappa shape index (κ2) is 8.39. The first-order chi connectivity index (χ1) is 14.2. The van der Waals surface area contributed by atoms with Crippen LogP contribution in [0.15, 0.2) is 96.1 Å². The third kappa shape index (κ3) is 4.32. The fraction of sp³-hybridized carbons (Fsp3) is 0.0870. The lowest BCUT2D eigenvalue weighted by Crippen LogP contribution is -2.23. The van der Waals surface area contributed by atoms with Gasteiger partial charge in [-0.05, 0) is 18.2 Å². The number of carbonyl (C=O) groups is 1. The molecule has 0 unspecified atom stereocenters. The molecular weight excluding hydrogens is 366 g/mol. The highest BCUT2D eigenvalue weighted by molar-refractivity contribution is 5.70. The third-order valence-corrected chi connectivity index (χ3v) is 4.45. The Morgan fingerprint density at radius 2 is 1.59 bits per heavy atom. The highest BCUT2D eigenvalue weighted by atomic mass is 16.5. The van der Waals surface area contributed by atoms with Gasteiger partial charge in [-0.2, -0.15) is 5.10 Å². The van der Waals surface area contributed by atoms with Gasteiger partial charge in [-0.15, -0.1) is 0 Å². The van der Waals surface area contributed by atoms with Gasteiger partial charge < -0.3 is 9.30 Å². The fourth-order valence-corrected chi connectivity index (χ4v) is 3.00. The average Bonchev–Trinajstić information content (AvgIpc) is 3.20. The maximum atomic E-state index is 12.3. The number of carbonyl (C=O) groups excluding carboxylic acids is 1. The number of pyridine rings is 1. The molecule has 2 aromatic carbocycles. The summed E-state index contributed by atoms with van der Waals surface area (Å²) in [5, 5.41) is 4.70. The van der Waals surface area contributed by atoms with E-state index in [1.54, 1.807) is 23.0 Å². The summed E-state index contributed by atoms with van der Waals surface area (Å²) in [7, 11) is 0. The highest BCUT2D eigenvalue weighted by Crippen LogP contribution is 2.24. The molecule has 6 nitrogen and oxygen atoms in total. The second-order valence-electron chi connectivity index (χ2n) is 6.48. The van der Waals surface area contributed by atoms with Crippen molar-refractivity contribution >= 4 is 5.97 Å². The lowest BCUT2D eigenvalue weighted by molar-refractivity contribution is -0.145. The summed E-state index contributed by atoms with van der Waals surface area (Å²) in [6.07, 6.45) is 3.42. The van der Waals surface area contributed by atoms with Gasteiger partial charge in [-0.3, -0.25) is 9.59 Å². The summed E-state index contributed by atoms with van der Waals surface area (Å²) < 4.78 is 8.53. The van der Waals surface area contributed by atoms with Gasteiger partial charge in [-0.1, -0.05) is 54.6 Å². The molecule has 4 rings (SSSR count). The zero-order chi connectivity index (χ0) is 20.1. The molecule has 0 aliphatic rings. The number of benzene rings is 2. The lowest BCUT2D eigenvalue weighted by atomic mass is 10.1. The smallest absolute Gasteiger partial charge is 0.326 e. The van der Waals surface area contributed by atoms with E-state index in [1.165, 1.54) is 10.6 Å². The molecule has 0 amide bonds. The van der Waals surface area contributed by atoms with Crippen molar-refractivity contribution in [2.75, 3.05) is 0 Å². The zero-order valence-electron chi connectivity index (χ0n) is 15.6. The van der Waals surface area contributed by atoms with Crippen LogP contribution >= 0.6 is 0 Å². The molecule has 0 radical (unpaired) electrons. The zero-order valence-corrected chi connectivity index (χ0v) is 15.6. The van der Waals surface area contributed by atoms with E-state index in [1.807, 2.05) is 66.9 Å². The quantitative estimate of drug-likeness (QED) is 0.477. The molecule has 2 heterocycles. The maximum Gasteiger partial charge on any atom is 0.326 e. The molecule has 0 saturated heterocycles. The van der Waals surface area contributed by atoms with Crippen LogP contribution < -0.4 is 5.56 Å². The average molecular weight is 385 g/mol. The number of aromatic nitrogens is 3. The first-order valence-electron chi connectivity index (χ1n) is 9.21. The largest absolute Gasteiger partial charge is 0.459 e. The van der Waals surface area contributed by atoms with E-state index in [4.69, 9.17) is 9.84 Å². The topological polar surface area (TPSA) is 66.1 Å². The first-order valence-corrected chi connectivity index (χ1v) is 9.21. The molecule has 0 saturated carbocycles. The van der Waals surface area contributed by atoms with E-state index >= 15 is 0 Å². The van der Waals surface area contributed by atoms with Gasteiger partial charge in [0, 0.05) is 29.6 Å². The summed E-state index contributed by atoms with van der Waals surface area (Å²) in [4.78, 5) is 24.0. The van der Waals surface area contributed by atoms with Crippen molar-refractivity contribution in [2.45, 2.75) is 13.2 Å². The predicted octanol–water partition coefficient (Wildman–Crippen LogP) is 3.44. The van der Waals surface area contributed by atoms with Crippen LogP contribution in [0.3, 0.4) is 0 Å². The number of rotatable bonds is 6. The van der Waals surface area contributed by atoms with Gasteiger partial charge in [0.15, 0.2) is 0 Å². The Bertz CT molecular complexity index is 1160. The summed E-state index contributed by atoms with van der Waals surface area (Å²) in [6, 6.07) is 24.2. The normalized spacial score (nSPS) is 10.6. The van der Waals surface area contributed by atoms with Crippen LogP contribution in [-0.2, 0) is 22.7 Å². The number of esters is 1. The van der Waals surface area contributed by atoms with Crippen LogP contribution in [0.1, 0.15) is 5.56 Å². The molecule has 6 heteroatoms. The van der Waals surface area contributed by atoms with Gasteiger partial charge in [0.2, 0.25) is 0 Å². The lowest BCUT2D eigenvalue weighted by Gasteiger charge is -2.07. The summed E-state index contributed by atoms with van der Waals surface area (Å²) in [5.41, 5.74) is 3.14. The SMILES string of the molecule is O=C(Cn1ccccc1=O)OCc1cn(-c2ccccc2)nc1-c1ccccc1. The molecular formula is C23H19N3O3. The Morgan fingerprint density at radius 1 is 0.897 bits per heavy atom. The molecule has 0 aliphatic carbocycles. The standard InChI is InChI=1S/C23H19N3O3/c27-21-13-7-8-14-25(21)16-22(28)29-17-19-15-26(20-11-5-2-6-12-20)24-23(19)18-9-3-1-4-10-18/h1-15H,16-17H2. The van der Waals surface area contributed by atoms with Crippen LogP contribution in [-0.4, -0.2) is 20.3 Å². The first kappa shape index (κ1) is 18.4. The summed E-state index contributed by atoms with van der Waals surface area (Å²) in [5.74, 6) is -0.482. The predicted molar refractivity (Wildman–Crippen MR) is 109 cm³/mol. The molecule has 0 bridgehead atoms. The van der Waals surface area contributed by atoms with E-state index in [9.17, 15) is 9.59 Å². The van der Waals surface area contributed by atoms with Crippen LogP contribution in [0.25, 0.3) is 16.9 Å². The van der Waals surface area contributed by atoms with Crippen molar-refractivity contribution in [2.24, 2.45) is 0 Å². The van der Waals surface area contributed by atoms with Crippen molar-refractivity contribution in [1.82, 2.24) is 14.3 Å². The Kier molecular flexibility index (Phi) is 5.33. The van der Waals surface area contributed by atoms with Crippen LogP contribution in [0.5, 0.6) is 0 Å². The number of nitrogens with zero attached hydrogens (tertiary/aromatic N) is 3. The molecule has 0 N–H and O–H groups in total. The Labute approximate surface area is 167 Å². The second-order valence-corrected chi connectivity index (χ2v) is 6.48. The van der Waals surface area contributed by atoms with E-state index in [0.29, 0.717) is 0 Å². The van der Waals surface area contributed by atoms with Crippen molar-refractivity contribution in [3.63, 3.8) is 0 Å². The van der Waals surface area contributed by atoms with E-state index in [2.05, 4.69) is 0 Å². The van der Waals surface area contributed by atoms with Crippen molar-refractivity contribution in [3.8, 4) is 16.9 Å². The molecule has 0 fully saturated rings. The van der Waals surface area contributed by atoms with Gasteiger partial charge in [0.25, 0.3) is 5.56 Å². The van der Waals surface area contributed by atoms with Crippen LogP contribution in [0, 0.1) is 0 Å². The van der Waals surface area contributed by atoms with Gasteiger partial charge in [-0.25, -0.2) is 4.68 Å². The van der Waals surface area contributed by atoms with Crippen molar-refractivity contribution < 1.29 is 9.53 Å². The number of para-hydroxylation sites is 1. The highest BCUT2D eigenvalue weighted by Gasteiger charge is 2.14. The minimum absolute atomic E-state index is 0.0669. The van der Waals surface area contributed by atoms with Gasteiger partial charge in [0.1, 0.15) is 13.2 Å². The molecule has 144 valence electrons. The number of hydrogen-bond donors (Lipinski definition) is 0. The molecule has 29 heavy (non-hydrogen) atoms. The van der Waals surface area contributed by atoms with E-state index in [-0.39, 0.29) is 18.7 Å². The fourth-order valence-electron chi connectivity index (χ4n) is 3.00. The monoisotopic (exact) mass is 385 g/mol. The molecule has 4 aromatic rings. The summed E-state index contributed by atoms with van der Waals surface area (Å²) >= 11 is 0. The molecule has 2 aromatic heterocycles.